The number of carbonyl (C=O) groups excluding carboxylic acids is 2. The van der Waals surface area contributed by atoms with Gasteiger partial charge in [0.15, 0.2) is 0 Å². The van der Waals surface area contributed by atoms with Crippen LogP contribution in [0.15, 0.2) is 36.5 Å². The van der Waals surface area contributed by atoms with Crippen LogP contribution < -0.4 is 5.32 Å². The molecule has 5 heteroatoms. The third kappa shape index (κ3) is 4.28. The van der Waals surface area contributed by atoms with Gasteiger partial charge in [0.05, 0.1) is 0 Å². The lowest BCUT2D eigenvalue weighted by Gasteiger charge is -2.30. The largest absolute Gasteiger partial charge is 0.339 e. The van der Waals surface area contributed by atoms with Crippen LogP contribution in [0.2, 0.25) is 0 Å². The maximum Gasteiger partial charge on any atom is 0.274 e. The molecule has 2 amide bonds. The normalized spacial score (nSPS) is 15.0. The van der Waals surface area contributed by atoms with Gasteiger partial charge >= 0.3 is 0 Å². The molecule has 1 saturated heterocycles. The fourth-order valence-corrected chi connectivity index (χ4v) is 3.32. The number of benzene rings is 1. The van der Waals surface area contributed by atoms with Crippen molar-refractivity contribution in [2.45, 2.75) is 33.6 Å². The summed E-state index contributed by atoms with van der Waals surface area (Å²) in [6.45, 7) is 7.72. The van der Waals surface area contributed by atoms with Crippen molar-refractivity contribution in [1.82, 2.24) is 9.88 Å². The van der Waals surface area contributed by atoms with Crippen molar-refractivity contribution in [2.24, 2.45) is 5.92 Å². The Kier molecular flexibility index (Phi) is 5.35. The highest BCUT2D eigenvalue weighted by molar-refractivity contribution is 6.04. The standard InChI is InChI=1S/C21H25N3O2/c1-14-5-8-24(9-6-14)21(26)17-4-7-22-19(13-17)20(25)23-18-11-15(2)10-16(3)12-18/h4,7,10-14H,5-6,8-9H2,1-3H3,(H,23,25). The highest BCUT2D eigenvalue weighted by Gasteiger charge is 2.22. The molecule has 1 aromatic carbocycles. The van der Waals surface area contributed by atoms with Crippen LogP contribution in [0.1, 0.15) is 51.7 Å². The smallest absolute Gasteiger partial charge is 0.274 e. The number of likely N-dealkylation sites (tertiary alicyclic amines) is 1. The van der Waals surface area contributed by atoms with Crippen LogP contribution >= 0.6 is 0 Å². The zero-order valence-corrected chi connectivity index (χ0v) is 15.6. The van der Waals surface area contributed by atoms with Gasteiger partial charge in [-0.1, -0.05) is 13.0 Å². The molecule has 1 aromatic heterocycles. The first-order valence-electron chi connectivity index (χ1n) is 9.07. The van der Waals surface area contributed by atoms with Crippen molar-refractivity contribution in [3.8, 4) is 0 Å². The van der Waals surface area contributed by atoms with Crippen LogP contribution in [0.3, 0.4) is 0 Å². The van der Waals surface area contributed by atoms with Crippen LogP contribution in [0.4, 0.5) is 5.69 Å². The van der Waals surface area contributed by atoms with Gasteiger partial charge < -0.3 is 10.2 Å². The van der Waals surface area contributed by atoms with Crippen LogP contribution in [-0.2, 0) is 0 Å². The summed E-state index contributed by atoms with van der Waals surface area (Å²) >= 11 is 0. The van der Waals surface area contributed by atoms with Gasteiger partial charge in [-0.05, 0) is 68.0 Å². The molecular weight excluding hydrogens is 326 g/mol. The van der Waals surface area contributed by atoms with Crippen LogP contribution in [0, 0.1) is 19.8 Å². The number of hydrogen-bond donors (Lipinski definition) is 1. The van der Waals surface area contributed by atoms with E-state index in [-0.39, 0.29) is 17.5 Å². The molecule has 2 aromatic rings. The number of aryl methyl sites for hydroxylation is 2. The first kappa shape index (κ1) is 18.1. The quantitative estimate of drug-likeness (QED) is 0.914. The van der Waals surface area contributed by atoms with E-state index < -0.39 is 0 Å². The number of nitrogens with one attached hydrogen (secondary N) is 1. The molecule has 0 unspecified atom stereocenters. The minimum absolute atomic E-state index is 0.0280. The van der Waals surface area contributed by atoms with Crippen molar-refractivity contribution >= 4 is 17.5 Å². The van der Waals surface area contributed by atoms with E-state index >= 15 is 0 Å². The molecular formula is C21H25N3O2. The summed E-state index contributed by atoms with van der Waals surface area (Å²) < 4.78 is 0. The number of carbonyl (C=O) groups is 2. The Labute approximate surface area is 154 Å². The first-order valence-corrected chi connectivity index (χ1v) is 9.07. The summed E-state index contributed by atoms with van der Waals surface area (Å²) in [7, 11) is 0. The van der Waals surface area contributed by atoms with Gasteiger partial charge in [-0.3, -0.25) is 14.6 Å². The number of aromatic nitrogens is 1. The number of nitrogens with zero attached hydrogens (tertiary/aromatic N) is 2. The number of anilines is 1. The minimum atomic E-state index is -0.308. The van der Waals surface area contributed by atoms with Gasteiger partial charge in [0.25, 0.3) is 11.8 Å². The number of amides is 2. The topological polar surface area (TPSA) is 62.3 Å². The molecule has 0 saturated carbocycles. The van der Waals surface area contributed by atoms with Gasteiger partial charge in [0, 0.05) is 30.5 Å². The summed E-state index contributed by atoms with van der Waals surface area (Å²) in [6, 6.07) is 9.13. The van der Waals surface area contributed by atoms with Crippen LogP contribution in [0.5, 0.6) is 0 Å². The molecule has 2 heterocycles. The maximum absolute atomic E-state index is 12.7. The molecule has 1 aliphatic rings. The van der Waals surface area contributed by atoms with Crippen molar-refractivity contribution in [1.29, 1.82) is 0 Å². The molecule has 1 fully saturated rings. The van der Waals surface area contributed by atoms with E-state index in [1.807, 2.05) is 36.9 Å². The lowest BCUT2D eigenvalue weighted by atomic mass is 9.98. The van der Waals surface area contributed by atoms with Gasteiger partial charge in [-0.15, -0.1) is 0 Å². The highest BCUT2D eigenvalue weighted by atomic mass is 16.2. The van der Waals surface area contributed by atoms with Crippen molar-refractivity contribution in [3.05, 3.63) is 58.9 Å². The average Bonchev–Trinajstić information content (AvgIpc) is 2.61. The average molecular weight is 351 g/mol. The Morgan fingerprint density at radius 3 is 2.38 bits per heavy atom. The number of rotatable bonds is 3. The molecule has 0 spiro atoms. The van der Waals surface area contributed by atoms with Gasteiger partial charge in [-0.25, -0.2) is 0 Å². The summed E-state index contributed by atoms with van der Waals surface area (Å²) in [5.74, 6) is 0.326. The van der Waals surface area contributed by atoms with E-state index in [1.54, 1.807) is 12.1 Å². The van der Waals surface area contributed by atoms with E-state index in [0.29, 0.717) is 11.5 Å². The Balaban J connectivity index is 1.74. The molecule has 0 aliphatic carbocycles. The van der Waals surface area contributed by atoms with Crippen molar-refractivity contribution < 1.29 is 9.59 Å². The number of pyridine rings is 1. The van der Waals surface area contributed by atoms with Crippen LogP contribution in [0.25, 0.3) is 0 Å². The summed E-state index contributed by atoms with van der Waals surface area (Å²) in [5.41, 5.74) is 3.66. The lowest BCUT2D eigenvalue weighted by molar-refractivity contribution is 0.0697. The minimum Gasteiger partial charge on any atom is -0.339 e. The molecule has 0 radical (unpaired) electrons. The maximum atomic E-state index is 12.7. The monoisotopic (exact) mass is 351 g/mol. The van der Waals surface area contributed by atoms with Gasteiger partial charge in [0.1, 0.15) is 5.69 Å². The molecule has 0 bridgehead atoms. The third-order valence-corrected chi connectivity index (χ3v) is 4.79. The molecule has 1 N–H and O–H groups in total. The molecule has 0 atom stereocenters. The Morgan fingerprint density at radius 2 is 1.73 bits per heavy atom. The fourth-order valence-electron chi connectivity index (χ4n) is 3.32. The van der Waals surface area contributed by atoms with E-state index in [1.165, 1.54) is 6.20 Å². The fraction of sp³-hybridized carbons (Fsp3) is 0.381. The summed E-state index contributed by atoms with van der Waals surface area (Å²) in [6.07, 6.45) is 3.57. The highest BCUT2D eigenvalue weighted by Crippen LogP contribution is 2.19. The van der Waals surface area contributed by atoms with Crippen molar-refractivity contribution in [3.63, 3.8) is 0 Å². The van der Waals surface area contributed by atoms with Crippen LogP contribution in [-0.4, -0.2) is 34.8 Å². The second kappa shape index (κ2) is 7.68. The predicted octanol–water partition coefficient (Wildman–Crippen LogP) is 3.82. The van der Waals surface area contributed by atoms with Gasteiger partial charge in [0.2, 0.25) is 0 Å². The molecule has 136 valence electrons. The molecule has 3 rings (SSSR count). The van der Waals surface area contributed by atoms with E-state index in [2.05, 4.69) is 17.2 Å². The zero-order chi connectivity index (χ0) is 18.7. The number of hydrogen-bond acceptors (Lipinski definition) is 3. The zero-order valence-electron chi connectivity index (χ0n) is 15.6. The Hall–Kier alpha value is -2.69. The first-order chi connectivity index (χ1) is 12.4. The van der Waals surface area contributed by atoms with E-state index in [0.717, 1.165) is 42.7 Å². The summed E-state index contributed by atoms with van der Waals surface area (Å²) in [5, 5.41) is 2.87. The summed E-state index contributed by atoms with van der Waals surface area (Å²) in [4.78, 5) is 31.2. The molecule has 1 aliphatic heterocycles. The second-order valence-electron chi connectivity index (χ2n) is 7.23. The molecule has 26 heavy (non-hydrogen) atoms. The van der Waals surface area contributed by atoms with E-state index in [4.69, 9.17) is 0 Å². The molecule has 5 nitrogen and oxygen atoms in total. The van der Waals surface area contributed by atoms with E-state index in [9.17, 15) is 9.59 Å². The Bertz CT molecular complexity index is 804. The SMILES string of the molecule is Cc1cc(C)cc(NC(=O)c2cc(C(=O)N3CCC(C)CC3)ccn2)c1. The lowest BCUT2D eigenvalue weighted by Crippen LogP contribution is -2.38. The second-order valence-corrected chi connectivity index (χ2v) is 7.23. The van der Waals surface area contributed by atoms with Gasteiger partial charge in [-0.2, -0.15) is 0 Å². The Morgan fingerprint density at radius 1 is 1.08 bits per heavy atom. The number of piperidine rings is 1. The predicted molar refractivity (Wildman–Crippen MR) is 102 cm³/mol. The third-order valence-electron chi connectivity index (χ3n) is 4.79. The van der Waals surface area contributed by atoms with Crippen molar-refractivity contribution in [2.75, 3.05) is 18.4 Å².